The van der Waals surface area contributed by atoms with E-state index in [0.717, 1.165) is 88.8 Å². The smallest absolute Gasteiger partial charge is 0.133 e. The summed E-state index contributed by atoms with van der Waals surface area (Å²) in [5, 5.41) is 11.2. The molecule has 0 bridgehead atoms. The number of benzene rings is 1. The van der Waals surface area contributed by atoms with E-state index in [1.807, 2.05) is 12.3 Å². The summed E-state index contributed by atoms with van der Waals surface area (Å²) in [7, 11) is 0. The van der Waals surface area contributed by atoms with Gasteiger partial charge in [0.15, 0.2) is 0 Å². The van der Waals surface area contributed by atoms with Crippen LogP contribution in [-0.2, 0) is 6.42 Å². The number of aliphatic hydroxyl groups excluding tert-OH is 1. The molecule has 0 radical (unpaired) electrons. The molecule has 1 aromatic carbocycles. The van der Waals surface area contributed by atoms with Crippen LogP contribution < -0.4 is 9.64 Å². The Balaban J connectivity index is 1.23. The Morgan fingerprint density at radius 2 is 1.42 bits per heavy atom. The third-order valence-electron chi connectivity index (χ3n) is 9.81. The van der Waals surface area contributed by atoms with Crippen LogP contribution in [0.3, 0.4) is 0 Å². The fourth-order valence-corrected chi connectivity index (χ4v) is 6.68. The summed E-state index contributed by atoms with van der Waals surface area (Å²) in [6.07, 6.45) is 4.52. The number of rotatable bonds is 11. The number of aliphatic hydroxyl groups is 1. The van der Waals surface area contributed by atoms with Gasteiger partial charge in [0.05, 0.1) is 6.61 Å². The van der Waals surface area contributed by atoms with E-state index in [-0.39, 0.29) is 21.9 Å². The molecule has 0 aliphatic carbocycles. The van der Waals surface area contributed by atoms with Crippen molar-refractivity contribution < 1.29 is 9.84 Å². The van der Waals surface area contributed by atoms with Gasteiger partial charge in [0.2, 0.25) is 0 Å². The third-order valence-corrected chi connectivity index (χ3v) is 9.81. The molecule has 2 aromatic rings. The first kappa shape index (κ1) is 35.7. The molecule has 3 heterocycles. The van der Waals surface area contributed by atoms with Crippen molar-refractivity contribution in [1.29, 1.82) is 0 Å². The van der Waals surface area contributed by atoms with Gasteiger partial charge in [-0.15, -0.1) is 0 Å². The SMILES string of the molecule is CC(C)(C)Cc1cccc(C(O)N2CCN(C(C)(C)CCC(C)(C)COc3ccnc(N4CCN(C(C)(C)C)CC4)c3)CC2)c1. The molecule has 1 aromatic heterocycles. The molecule has 1 atom stereocenters. The number of aromatic nitrogens is 1. The molecule has 2 saturated heterocycles. The highest BCUT2D eigenvalue weighted by atomic mass is 16.5. The zero-order chi connectivity index (χ0) is 33.0. The van der Waals surface area contributed by atoms with E-state index in [1.54, 1.807) is 0 Å². The van der Waals surface area contributed by atoms with E-state index < -0.39 is 6.23 Å². The van der Waals surface area contributed by atoms with Crippen LogP contribution in [0.4, 0.5) is 5.82 Å². The normalized spacial score (nSPS) is 19.1. The summed E-state index contributed by atoms with van der Waals surface area (Å²) in [6.45, 7) is 31.5. The Morgan fingerprint density at radius 1 is 0.778 bits per heavy atom. The van der Waals surface area contributed by atoms with Crippen molar-refractivity contribution in [3.8, 4) is 5.75 Å². The predicted octanol–water partition coefficient (Wildman–Crippen LogP) is 6.86. The monoisotopic (exact) mass is 621 g/mol. The molecular weight excluding hydrogens is 558 g/mol. The van der Waals surface area contributed by atoms with Crippen LogP contribution in [0.5, 0.6) is 5.75 Å². The van der Waals surface area contributed by atoms with Crippen LogP contribution in [0.2, 0.25) is 0 Å². The van der Waals surface area contributed by atoms with Gasteiger partial charge >= 0.3 is 0 Å². The zero-order valence-electron chi connectivity index (χ0n) is 30.2. The Bertz CT molecular complexity index is 1220. The van der Waals surface area contributed by atoms with E-state index in [9.17, 15) is 5.11 Å². The number of hydrogen-bond donors (Lipinski definition) is 1. The van der Waals surface area contributed by atoms with E-state index >= 15 is 0 Å². The number of nitrogens with zero attached hydrogens (tertiary/aromatic N) is 5. The van der Waals surface area contributed by atoms with Crippen LogP contribution in [0.1, 0.15) is 99.4 Å². The number of ether oxygens (including phenoxy) is 1. The maximum absolute atomic E-state index is 11.2. The minimum Gasteiger partial charge on any atom is -0.493 e. The third kappa shape index (κ3) is 10.4. The molecule has 2 aliphatic rings. The molecule has 1 unspecified atom stereocenters. The Morgan fingerprint density at radius 3 is 2.04 bits per heavy atom. The summed E-state index contributed by atoms with van der Waals surface area (Å²) in [4.78, 5) is 14.4. The Labute approximate surface area is 274 Å². The van der Waals surface area contributed by atoms with Gasteiger partial charge in [-0.2, -0.15) is 0 Å². The van der Waals surface area contributed by atoms with E-state index in [0.29, 0.717) is 6.61 Å². The van der Waals surface area contributed by atoms with Gasteiger partial charge in [-0.1, -0.05) is 58.9 Å². The van der Waals surface area contributed by atoms with E-state index in [2.05, 4.69) is 124 Å². The van der Waals surface area contributed by atoms with Crippen LogP contribution >= 0.6 is 0 Å². The lowest BCUT2D eigenvalue weighted by molar-refractivity contribution is -0.0484. The van der Waals surface area contributed by atoms with Gasteiger partial charge < -0.3 is 14.7 Å². The van der Waals surface area contributed by atoms with Crippen molar-refractivity contribution in [3.05, 3.63) is 53.7 Å². The van der Waals surface area contributed by atoms with Gasteiger partial charge in [-0.25, -0.2) is 4.98 Å². The maximum Gasteiger partial charge on any atom is 0.133 e. The largest absolute Gasteiger partial charge is 0.493 e. The lowest BCUT2D eigenvalue weighted by Gasteiger charge is -2.46. The molecule has 0 saturated carbocycles. The van der Waals surface area contributed by atoms with Gasteiger partial charge in [-0.05, 0) is 81.9 Å². The van der Waals surface area contributed by atoms with Gasteiger partial charge in [-0.3, -0.25) is 14.7 Å². The van der Waals surface area contributed by atoms with Gasteiger partial charge in [0.1, 0.15) is 17.8 Å². The first-order valence-corrected chi connectivity index (χ1v) is 17.3. The molecule has 252 valence electrons. The lowest BCUT2D eigenvalue weighted by atomic mass is 9.82. The van der Waals surface area contributed by atoms with Crippen molar-refractivity contribution >= 4 is 5.82 Å². The quantitative estimate of drug-likeness (QED) is 0.294. The first-order chi connectivity index (χ1) is 20.9. The van der Waals surface area contributed by atoms with Crippen LogP contribution in [0, 0.1) is 10.8 Å². The topological polar surface area (TPSA) is 55.3 Å². The van der Waals surface area contributed by atoms with Crippen LogP contribution in [0.15, 0.2) is 42.6 Å². The van der Waals surface area contributed by atoms with Gasteiger partial charge in [0.25, 0.3) is 0 Å². The van der Waals surface area contributed by atoms with Crippen LogP contribution in [0.25, 0.3) is 0 Å². The number of hydrogen-bond acceptors (Lipinski definition) is 7. The number of piperazine rings is 2. The highest BCUT2D eigenvalue weighted by molar-refractivity contribution is 5.44. The summed E-state index contributed by atoms with van der Waals surface area (Å²) in [6, 6.07) is 12.6. The van der Waals surface area contributed by atoms with Crippen LogP contribution in [-0.4, -0.2) is 94.8 Å². The molecule has 45 heavy (non-hydrogen) atoms. The highest BCUT2D eigenvalue weighted by Crippen LogP contribution is 2.33. The molecule has 7 heteroatoms. The standard InChI is InChI=1S/C38H63N5O2/c1-35(2,3)28-30-12-11-13-31(26-30)34(44)41-20-24-43(25-21-41)38(9,10)16-15-37(7,8)29-45-32-14-17-39-33(27-32)40-18-22-42(23-19-40)36(4,5)6/h11-14,17,26-27,34,44H,15-16,18-25,28-29H2,1-10H3. The van der Waals surface area contributed by atoms with Crippen molar-refractivity contribution in [3.63, 3.8) is 0 Å². The van der Waals surface area contributed by atoms with E-state index in [4.69, 9.17) is 4.74 Å². The number of anilines is 1. The summed E-state index contributed by atoms with van der Waals surface area (Å²) < 4.78 is 6.38. The number of pyridine rings is 1. The Kier molecular flexibility index (Phi) is 11.3. The molecule has 2 aliphatic heterocycles. The van der Waals surface area contributed by atoms with Crippen molar-refractivity contribution in [2.24, 2.45) is 10.8 Å². The minimum absolute atomic E-state index is 0.0507. The minimum atomic E-state index is -0.548. The zero-order valence-corrected chi connectivity index (χ0v) is 30.2. The van der Waals surface area contributed by atoms with Crippen molar-refractivity contribution in [1.82, 2.24) is 19.7 Å². The molecule has 4 rings (SSSR count). The van der Waals surface area contributed by atoms with Crippen molar-refractivity contribution in [2.75, 3.05) is 63.9 Å². The fourth-order valence-electron chi connectivity index (χ4n) is 6.68. The summed E-state index contributed by atoms with van der Waals surface area (Å²) in [5.41, 5.74) is 2.88. The molecule has 2 fully saturated rings. The molecule has 1 N–H and O–H groups in total. The molecular formula is C38H63N5O2. The highest BCUT2D eigenvalue weighted by Gasteiger charge is 2.34. The van der Waals surface area contributed by atoms with Crippen molar-refractivity contribution in [2.45, 2.75) is 106 Å². The summed E-state index contributed by atoms with van der Waals surface area (Å²) in [5.74, 6) is 1.92. The fraction of sp³-hybridized carbons (Fsp3) is 0.711. The average molecular weight is 622 g/mol. The van der Waals surface area contributed by atoms with E-state index in [1.165, 1.54) is 5.56 Å². The Hall–Kier alpha value is -2.19. The second kappa shape index (κ2) is 14.3. The second-order valence-corrected chi connectivity index (χ2v) is 17.1. The maximum atomic E-state index is 11.2. The molecule has 0 spiro atoms. The first-order valence-electron chi connectivity index (χ1n) is 17.3. The van der Waals surface area contributed by atoms with Gasteiger partial charge in [0, 0.05) is 75.7 Å². The predicted molar refractivity (Wildman–Crippen MR) is 188 cm³/mol. The lowest BCUT2D eigenvalue weighted by Crippen LogP contribution is -2.55. The molecule has 0 amide bonds. The molecule has 7 nitrogen and oxygen atoms in total. The summed E-state index contributed by atoms with van der Waals surface area (Å²) >= 11 is 0. The average Bonchev–Trinajstić information content (AvgIpc) is 2.98. The second-order valence-electron chi connectivity index (χ2n) is 17.1.